The number of ether oxygens (including phenoxy) is 1. The number of anilines is 2. The Morgan fingerprint density at radius 1 is 1.30 bits per heavy atom. The fourth-order valence-corrected chi connectivity index (χ4v) is 3.06. The second-order valence-electron chi connectivity index (χ2n) is 4.28. The van der Waals surface area contributed by atoms with Gasteiger partial charge in [0.15, 0.2) is 6.61 Å². The molecule has 0 radical (unpaired) electrons. The Kier molecular flexibility index (Phi) is 3.46. The van der Waals surface area contributed by atoms with E-state index < -0.39 is 0 Å². The van der Waals surface area contributed by atoms with E-state index in [-0.39, 0.29) is 12.5 Å². The average Bonchev–Trinajstić information content (AvgIpc) is 2.40. The first-order valence-corrected chi connectivity index (χ1v) is 7.11. The molecule has 0 atom stereocenters. The van der Waals surface area contributed by atoms with E-state index in [2.05, 4.69) is 5.32 Å². The minimum absolute atomic E-state index is 0.0211. The van der Waals surface area contributed by atoms with E-state index >= 15 is 0 Å². The SMILES string of the molecule is Nc1cc2c(cc1Sc1cccc(Cl)c1)NC(=O)CO2. The molecule has 0 bridgehead atoms. The molecule has 0 saturated carbocycles. The summed E-state index contributed by atoms with van der Waals surface area (Å²) in [5, 5.41) is 3.44. The molecule has 2 aromatic carbocycles. The third kappa shape index (κ3) is 2.69. The minimum atomic E-state index is -0.166. The van der Waals surface area contributed by atoms with E-state index in [1.807, 2.05) is 30.3 Å². The van der Waals surface area contributed by atoms with Gasteiger partial charge in [-0.1, -0.05) is 29.4 Å². The fourth-order valence-electron chi connectivity index (χ4n) is 1.87. The lowest BCUT2D eigenvalue weighted by Crippen LogP contribution is -2.25. The van der Waals surface area contributed by atoms with Gasteiger partial charge >= 0.3 is 0 Å². The monoisotopic (exact) mass is 306 g/mol. The van der Waals surface area contributed by atoms with Gasteiger partial charge in [-0.25, -0.2) is 0 Å². The normalized spacial score (nSPS) is 13.3. The maximum absolute atomic E-state index is 11.3. The average molecular weight is 307 g/mol. The van der Waals surface area contributed by atoms with E-state index in [1.165, 1.54) is 11.8 Å². The number of hydrogen-bond donors (Lipinski definition) is 2. The van der Waals surface area contributed by atoms with Crippen molar-refractivity contribution in [3.8, 4) is 5.75 Å². The first-order valence-electron chi connectivity index (χ1n) is 5.91. The van der Waals surface area contributed by atoms with Crippen LogP contribution in [0.5, 0.6) is 5.75 Å². The van der Waals surface area contributed by atoms with Crippen LogP contribution < -0.4 is 15.8 Å². The predicted octanol–water partition coefficient (Wildman–Crippen LogP) is 3.40. The van der Waals surface area contributed by atoms with Crippen LogP contribution >= 0.6 is 23.4 Å². The molecule has 20 heavy (non-hydrogen) atoms. The molecule has 102 valence electrons. The first kappa shape index (κ1) is 13.1. The highest BCUT2D eigenvalue weighted by molar-refractivity contribution is 7.99. The van der Waals surface area contributed by atoms with Crippen molar-refractivity contribution in [3.63, 3.8) is 0 Å². The second-order valence-corrected chi connectivity index (χ2v) is 5.83. The Morgan fingerprint density at radius 2 is 2.15 bits per heavy atom. The third-order valence-electron chi connectivity index (χ3n) is 2.77. The number of benzene rings is 2. The summed E-state index contributed by atoms with van der Waals surface area (Å²) in [6.07, 6.45) is 0. The van der Waals surface area contributed by atoms with Gasteiger partial charge in [-0.05, 0) is 24.3 Å². The number of fused-ring (bicyclic) bond motifs is 1. The Labute approximate surface area is 125 Å². The standard InChI is InChI=1S/C14H11ClN2O2S/c15-8-2-1-3-9(4-8)20-13-6-11-12(5-10(13)16)19-7-14(18)17-11/h1-6H,7,16H2,(H,17,18). The zero-order valence-electron chi connectivity index (χ0n) is 10.4. The molecule has 3 rings (SSSR count). The maximum atomic E-state index is 11.3. The Hall–Kier alpha value is -1.85. The quantitative estimate of drug-likeness (QED) is 0.835. The highest BCUT2D eigenvalue weighted by atomic mass is 35.5. The van der Waals surface area contributed by atoms with Crippen LogP contribution in [0.1, 0.15) is 0 Å². The predicted molar refractivity (Wildman–Crippen MR) is 80.6 cm³/mol. The van der Waals surface area contributed by atoms with Crippen molar-refractivity contribution in [2.24, 2.45) is 0 Å². The van der Waals surface area contributed by atoms with Crippen LogP contribution in [0.4, 0.5) is 11.4 Å². The summed E-state index contributed by atoms with van der Waals surface area (Å²) in [7, 11) is 0. The van der Waals surface area contributed by atoms with E-state index in [4.69, 9.17) is 22.1 Å². The molecule has 0 aliphatic carbocycles. The molecule has 0 unspecified atom stereocenters. The van der Waals surface area contributed by atoms with Crippen LogP contribution in [0.2, 0.25) is 5.02 Å². The molecular formula is C14H11ClN2O2S. The lowest BCUT2D eigenvalue weighted by Gasteiger charge is -2.19. The molecule has 0 aromatic heterocycles. The van der Waals surface area contributed by atoms with Crippen molar-refractivity contribution in [1.29, 1.82) is 0 Å². The van der Waals surface area contributed by atoms with Gasteiger partial charge in [0.05, 0.1) is 5.69 Å². The summed E-state index contributed by atoms with van der Waals surface area (Å²) in [4.78, 5) is 13.2. The van der Waals surface area contributed by atoms with Crippen molar-refractivity contribution in [2.45, 2.75) is 9.79 Å². The van der Waals surface area contributed by atoms with Gasteiger partial charge < -0.3 is 15.8 Å². The van der Waals surface area contributed by atoms with Crippen LogP contribution in [0.25, 0.3) is 0 Å². The minimum Gasteiger partial charge on any atom is -0.482 e. The van der Waals surface area contributed by atoms with Crippen molar-refractivity contribution in [1.82, 2.24) is 0 Å². The van der Waals surface area contributed by atoms with Crippen LogP contribution in [0.3, 0.4) is 0 Å². The van der Waals surface area contributed by atoms with Gasteiger partial charge in [0, 0.05) is 26.6 Å². The third-order valence-corrected chi connectivity index (χ3v) is 4.07. The number of carbonyl (C=O) groups excluding carboxylic acids is 1. The molecule has 1 heterocycles. The molecule has 1 aliphatic rings. The molecule has 3 N–H and O–H groups in total. The molecule has 0 fully saturated rings. The van der Waals surface area contributed by atoms with Crippen LogP contribution in [0.15, 0.2) is 46.2 Å². The summed E-state index contributed by atoms with van der Waals surface area (Å²) in [5.74, 6) is 0.429. The topological polar surface area (TPSA) is 64.3 Å². The van der Waals surface area contributed by atoms with Gasteiger partial charge in [-0.3, -0.25) is 4.79 Å². The number of carbonyl (C=O) groups is 1. The summed E-state index contributed by atoms with van der Waals surface area (Å²) in [6, 6.07) is 11.0. The summed E-state index contributed by atoms with van der Waals surface area (Å²) in [6.45, 7) is 0.0211. The van der Waals surface area contributed by atoms with E-state index in [0.29, 0.717) is 22.1 Å². The molecule has 0 saturated heterocycles. The number of hydrogen-bond acceptors (Lipinski definition) is 4. The molecule has 0 spiro atoms. The van der Waals surface area contributed by atoms with Crippen molar-refractivity contribution >= 4 is 40.6 Å². The highest BCUT2D eigenvalue weighted by Gasteiger charge is 2.18. The lowest BCUT2D eigenvalue weighted by molar-refractivity contribution is -0.118. The number of rotatable bonds is 2. The molecule has 1 amide bonds. The summed E-state index contributed by atoms with van der Waals surface area (Å²) in [5.41, 5.74) is 7.26. The van der Waals surface area contributed by atoms with Crippen molar-refractivity contribution < 1.29 is 9.53 Å². The molecule has 2 aromatic rings. The largest absolute Gasteiger partial charge is 0.482 e. The van der Waals surface area contributed by atoms with E-state index in [9.17, 15) is 4.79 Å². The highest BCUT2D eigenvalue weighted by Crippen LogP contribution is 2.40. The first-order chi connectivity index (χ1) is 9.61. The van der Waals surface area contributed by atoms with E-state index in [1.54, 1.807) is 6.07 Å². The molecule has 4 nitrogen and oxygen atoms in total. The molecule has 1 aliphatic heterocycles. The zero-order chi connectivity index (χ0) is 14.1. The van der Waals surface area contributed by atoms with Crippen molar-refractivity contribution in [3.05, 3.63) is 41.4 Å². The number of nitrogen functional groups attached to an aromatic ring is 1. The number of halogens is 1. The van der Waals surface area contributed by atoms with Crippen LogP contribution in [-0.4, -0.2) is 12.5 Å². The van der Waals surface area contributed by atoms with Gasteiger partial charge in [0.25, 0.3) is 5.91 Å². The lowest BCUT2D eigenvalue weighted by atomic mass is 10.2. The smallest absolute Gasteiger partial charge is 0.262 e. The number of nitrogens with two attached hydrogens (primary N) is 1. The van der Waals surface area contributed by atoms with Crippen LogP contribution in [-0.2, 0) is 4.79 Å². The van der Waals surface area contributed by atoms with Gasteiger partial charge in [-0.15, -0.1) is 0 Å². The Bertz CT molecular complexity index is 691. The van der Waals surface area contributed by atoms with Crippen molar-refractivity contribution in [2.75, 3.05) is 17.7 Å². The number of amides is 1. The maximum Gasteiger partial charge on any atom is 0.262 e. The van der Waals surface area contributed by atoms with Crippen LogP contribution in [0, 0.1) is 0 Å². The Balaban J connectivity index is 1.94. The summed E-state index contributed by atoms with van der Waals surface area (Å²) < 4.78 is 5.32. The molecule has 6 heteroatoms. The zero-order valence-corrected chi connectivity index (χ0v) is 11.9. The number of nitrogens with one attached hydrogen (secondary N) is 1. The fraction of sp³-hybridized carbons (Fsp3) is 0.0714. The Morgan fingerprint density at radius 3 is 2.95 bits per heavy atom. The van der Waals surface area contributed by atoms with Gasteiger partial charge in [-0.2, -0.15) is 0 Å². The van der Waals surface area contributed by atoms with E-state index in [0.717, 1.165) is 9.79 Å². The molecular weight excluding hydrogens is 296 g/mol. The van der Waals surface area contributed by atoms with Gasteiger partial charge in [0.1, 0.15) is 5.75 Å². The summed E-state index contributed by atoms with van der Waals surface area (Å²) >= 11 is 7.45. The van der Waals surface area contributed by atoms with Gasteiger partial charge in [0.2, 0.25) is 0 Å². The second kappa shape index (κ2) is 5.26.